The zero-order valence-corrected chi connectivity index (χ0v) is 16.4. The van der Waals surface area contributed by atoms with E-state index in [2.05, 4.69) is 16.5 Å². The smallest absolute Gasteiger partial charge is 0.410 e. The summed E-state index contributed by atoms with van der Waals surface area (Å²) in [4.78, 5) is 38.4. The first-order valence-corrected chi connectivity index (χ1v) is 9.94. The topological polar surface area (TPSA) is 93.5 Å². The van der Waals surface area contributed by atoms with Crippen molar-refractivity contribution in [3.8, 4) is 0 Å². The molecule has 4 rings (SSSR count). The third kappa shape index (κ3) is 4.01. The van der Waals surface area contributed by atoms with Crippen molar-refractivity contribution in [1.82, 2.24) is 20.0 Å². The number of hydrogen-bond acceptors (Lipinski definition) is 5. The maximum Gasteiger partial charge on any atom is 0.410 e. The van der Waals surface area contributed by atoms with Crippen LogP contribution in [0.15, 0.2) is 35.1 Å². The summed E-state index contributed by atoms with van der Waals surface area (Å²) in [5.74, 6) is -0.231. The van der Waals surface area contributed by atoms with Crippen LogP contribution in [0.5, 0.6) is 0 Å². The molecule has 0 radical (unpaired) electrons. The second kappa shape index (κ2) is 8.06. The highest BCUT2D eigenvalue weighted by Gasteiger charge is 2.25. The molecule has 1 aliphatic heterocycles. The van der Waals surface area contributed by atoms with E-state index in [9.17, 15) is 14.4 Å². The van der Waals surface area contributed by atoms with Crippen molar-refractivity contribution >= 4 is 12.0 Å². The van der Waals surface area contributed by atoms with Crippen LogP contribution in [0.2, 0.25) is 0 Å². The first-order chi connectivity index (χ1) is 14.0. The van der Waals surface area contributed by atoms with Gasteiger partial charge in [0.1, 0.15) is 6.54 Å². The highest BCUT2D eigenvalue weighted by atomic mass is 16.6. The predicted octanol–water partition coefficient (Wildman–Crippen LogP) is 1.56. The molecule has 2 aromatic rings. The Bertz CT molecular complexity index is 1000. The van der Waals surface area contributed by atoms with Crippen LogP contribution in [0.4, 0.5) is 4.79 Å². The van der Waals surface area contributed by atoms with Crippen molar-refractivity contribution < 1.29 is 14.3 Å². The van der Waals surface area contributed by atoms with Crippen molar-refractivity contribution in [2.24, 2.45) is 0 Å². The molecule has 1 atom stereocenters. The largest absolute Gasteiger partial charge is 0.450 e. The standard InChI is InChI=1S/C21H24N4O4/c1-2-29-21(28)24-10-9-17-15(12-24)11-20(27)25(23-17)13-19(26)22-18-8-7-14-5-3-4-6-16(14)18/h3-6,11,18H,2,7-10,12-13H2,1H3,(H,22,26)/t18-/m1/s1. The van der Waals surface area contributed by atoms with E-state index in [4.69, 9.17) is 4.74 Å². The van der Waals surface area contributed by atoms with E-state index in [0.29, 0.717) is 31.7 Å². The summed E-state index contributed by atoms with van der Waals surface area (Å²) in [7, 11) is 0. The van der Waals surface area contributed by atoms with Crippen LogP contribution < -0.4 is 10.9 Å². The second-order valence-corrected chi connectivity index (χ2v) is 7.34. The zero-order chi connectivity index (χ0) is 20.4. The van der Waals surface area contributed by atoms with E-state index in [0.717, 1.165) is 24.1 Å². The molecular formula is C21H24N4O4. The highest BCUT2D eigenvalue weighted by Crippen LogP contribution is 2.30. The van der Waals surface area contributed by atoms with Crippen LogP contribution in [0.25, 0.3) is 0 Å². The van der Waals surface area contributed by atoms with Gasteiger partial charge < -0.3 is 15.0 Å². The fourth-order valence-corrected chi connectivity index (χ4v) is 4.01. The van der Waals surface area contributed by atoms with Crippen molar-refractivity contribution in [2.45, 2.75) is 45.3 Å². The zero-order valence-electron chi connectivity index (χ0n) is 16.4. The van der Waals surface area contributed by atoms with E-state index >= 15 is 0 Å². The van der Waals surface area contributed by atoms with Crippen LogP contribution in [0, 0.1) is 0 Å². The number of ether oxygens (including phenoxy) is 1. The van der Waals surface area contributed by atoms with Gasteiger partial charge >= 0.3 is 6.09 Å². The van der Waals surface area contributed by atoms with E-state index < -0.39 is 6.09 Å². The van der Waals surface area contributed by atoms with Gasteiger partial charge in [0.25, 0.3) is 5.56 Å². The number of carbonyl (C=O) groups excluding carboxylic acids is 2. The first-order valence-electron chi connectivity index (χ1n) is 9.94. The molecule has 1 N–H and O–H groups in total. The Labute approximate surface area is 168 Å². The van der Waals surface area contributed by atoms with Crippen molar-refractivity contribution in [3.05, 3.63) is 63.1 Å². The number of aromatic nitrogens is 2. The van der Waals surface area contributed by atoms with E-state index in [1.807, 2.05) is 18.2 Å². The molecular weight excluding hydrogens is 372 g/mol. The molecule has 1 aromatic carbocycles. The summed E-state index contributed by atoms with van der Waals surface area (Å²) in [5, 5.41) is 7.39. The Hall–Kier alpha value is -3.16. The van der Waals surface area contributed by atoms with Gasteiger partial charge in [-0.1, -0.05) is 24.3 Å². The lowest BCUT2D eigenvalue weighted by molar-refractivity contribution is -0.122. The third-order valence-electron chi connectivity index (χ3n) is 5.43. The molecule has 8 heteroatoms. The summed E-state index contributed by atoms with van der Waals surface area (Å²) in [6.07, 6.45) is 1.93. The first kappa shape index (κ1) is 19.2. The SMILES string of the molecule is CCOC(=O)N1CCc2nn(CC(=O)N[C@@H]3CCc4ccccc43)c(=O)cc2C1. The van der Waals surface area contributed by atoms with Gasteiger partial charge in [0.2, 0.25) is 5.91 Å². The Morgan fingerprint density at radius 2 is 2.07 bits per heavy atom. The minimum atomic E-state index is -0.390. The molecule has 2 aliphatic rings. The quantitative estimate of drug-likeness (QED) is 0.847. The Morgan fingerprint density at radius 1 is 1.24 bits per heavy atom. The molecule has 2 amide bonds. The van der Waals surface area contributed by atoms with Gasteiger partial charge in [0, 0.05) is 24.6 Å². The van der Waals surface area contributed by atoms with Crippen LogP contribution >= 0.6 is 0 Å². The van der Waals surface area contributed by atoms with E-state index in [-0.39, 0.29) is 24.1 Å². The number of nitrogens with one attached hydrogen (secondary N) is 1. The predicted molar refractivity (Wildman–Crippen MR) is 105 cm³/mol. The number of amides is 2. The van der Waals surface area contributed by atoms with Gasteiger partial charge in [-0.3, -0.25) is 9.59 Å². The average molecular weight is 396 g/mol. The maximum absolute atomic E-state index is 12.5. The number of fused-ring (bicyclic) bond motifs is 2. The Kier molecular flexibility index (Phi) is 5.33. The van der Waals surface area contributed by atoms with Gasteiger partial charge in [0.15, 0.2) is 0 Å². The number of rotatable bonds is 4. The molecule has 1 aliphatic carbocycles. The summed E-state index contributed by atoms with van der Waals surface area (Å²) < 4.78 is 6.22. The molecule has 0 bridgehead atoms. The van der Waals surface area contributed by atoms with Crippen molar-refractivity contribution in [1.29, 1.82) is 0 Å². The number of aryl methyl sites for hydroxylation is 1. The van der Waals surface area contributed by atoms with Gasteiger partial charge in [0.05, 0.1) is 24.9 Å². The number of carbonyl (C=O) groups is 2. The molecule has 0 saturated carbocycles. The van der Waals surface area contributed by atoms with Crippen LogP contribution in [0.1, 0.15) is 41.8 Å². The lowest BCUT2D eigenvalue weighted by Gasteiger charge is -2.27. The van der Waals surface area contributed by atoms with Gasteiger partial charge in [-0.15, -0.1) is 0 Å². The molecule has 0 unspecified atom stereocenters. The summed E-state index contributed by atoms with van der Waals surface area (Å²) in [5.41, 5.74) is 3.50. The van der Waals surface area contributed by atoms with Crippen molar-refractivity contribution in [2.75, 3.05) is 13.2 Å². The maximum atomic E-state index is 12.5. The molecule has 29 heavy (non-hydrogen) atoms. The fourth-order valence-electron chi connectivity index (χ4n) is 4.01. The second-order valence-electron chi connectivity index (χ2n) is 7.34. The summed E-state index contributed by atoms with van der Waals surface area (Å²) in [6.45, 7) is 2.71. The van der Waals surface area contributed by atoms with Crippen LogP contribution in [-0.4, -0.2) is 39.8 Å². The van der Waals surface area contributed by atoms with E-state index in [1.165, 1.54) is 16.3 Å². The minimum Gasteiger partial charge on any atom is -0.450 e. The van der Waals surface area contributed by atoms with Gasteiger partial charge in [-0.2, -0.15) is 5.10 Å². The Morgan fingerprint density at radius 3 is 2.90 bits per heavy atom. The van der Waals surface area contributed by atoms with Gasteiger partial charge in [-0.25, -0.2) is 9.48 Å². The lowest BCUT2D eigenvalue weighted by atomic mass is 10.1. The number of hydrogen-bond donors (Lipinski definition) is 1. The molecule has 8 nitrogen and oxygen atoms in total. The number of benzene rings is 1. The lowest BCUT2D eigenvalue weighted by Crippen LogP contribution is -2.40. The fraction of sp³-hybridized carbons (Fsp3) is 0.429. The molecule has 0 fully saturated rings. The normalized spacial score (nSPS) is 17.4. The monoisotopic (exact) mass is 396 g/mol. The molecule has 0 spiro atoms. The molecule has 1 aromatic heterocycles. The minimum absolute atomic E-state index is 0.0230. The summed E-state index contributed by atoms with van der Waals surface area (Å²) in [6, 6.07) is 9.53. The highest BCUT2D eigenvalue weighted by molar-refractivity contribution is 5.76. The Balaban J connectivity index is 1.43. The molecule has 2 heterocycles. The third-order valence-corrected chi connectivity index (χ3v) is 5.43. The van der Waals surface area contributed by atoms with Crippen LogP contribution in [-0.2, 0) is 35.5 Å². The van der Waals surface area contributed by atoms with Crippen molar-refractivity contribution in [3.63, 3.8) is 0 Å². The summed E-state index contributed by atoms with van der Waals surface area (Å²) >= 11 is 0. The average Bonchev–Trinajstić information content (AvgIpc) is 3.11. The van der Waals surface area contributed by atoms with Crippen LogP contribution in [0.3, 0.4) is 0 Å². The number of nitrogens with zero attached hydrogens (tertiary/aromatic N) is 3. The van der Waals surface area contributed by atoms with Gasteiger partial charge in [-0.05, 0) is 30.9 Å². The molecule has 0 saturated heterocycles. The molecule has 152 valence electrons. The van der Waals surface area contributed by atoms with E-state index in [1.54, 1.807) is 11.8 Å².